The molecule has 1 unspecified atom stereocenters. The number of rotatable bonds is 2. The van der Waals surface area contributed by atoms with E-state index in [1.54, 1.807) is 42.3 Å². The van der Waals surface area contributed by atoms with E-state index in [1.807, 2.05) is 37.3 Å². The number of hydrogen-bond donors (Lipinski definition) is 1. The third-order valence-corrected chi connectivity index (χ3v) is 5.28. The fourth-order valence-corrected chi connectivity index (χ4v) is 3.62. The fraction of sp³-hybridized carbons (Fsp3) is 0.167. The van der Waals surface area contributed by atoms with Gasteiger partial charge in [-0.25, -0.2) is 0 Å². The smallest absolute Gasteiger partial charge is 0.269 e. The van der Waals surface area contributed by atoms with Gasteiger partial charge in [0.2, 0.25) is 6.10 Å². The number of ether oxygens (including phenoxy) is 3. The molecule has 0 saturated heterocycles. The first-order valence-corrected chi connectivity index (χ1v) is 9.89. The molecule has 1 N–H and O–H groups in total. The molecular weight excluding hydrogens is 396 g/mol. The average Bonchev–Trinajstić information content (AvgIpc) is 2.88. The first-order chi connectivity index (χ1) is 15.0. The molecule has 2 aliphatic rings. The predicted molar refractivity (Wildman–Crippen MR) is 115 cm³/mol. The van der Waals surface area contributed by atoms with Gasteiger partial charge in [0, 0.05) is 12.7 Å². The maximum absolute atomic E-state index is 13.1. The standard InChI is InChI=1S/C24H20N2O5/c1-14-7-9-19-17(11-14)26(2)24(28)16-12-15(8-10-18(16)30-19)25-23(27)22-13-29-20-5-3-4-6-21(20)31-22/h3-12,22H,13H2,1-2H3,(H,25,27). The number of para-hydroxylation sites is 2. The lowest BCUT2D eigenvalue weighted by Crippen LogP contribution is -2.40. The second-order valence-electron chi connectivity index (χ2n) is 7.50. The maximum Gasteiger partial charge on any atom is 0.269 e. The summed E-state index contributed by atoms with van der Waals surface area (Å²) in [6.07, 6.45) is -0.796. The average molecular weight is 416 g/mol. The van der Waals surface area contributed by atoms with Gasteiger partial charge in [0.1, 0.15) is 12.4 Å². The van der Waals surface area contributed by atoms with Crippen molar-refractivity contribution in [3.8, 4) is 23.0 Å². The van der Waals surface area contributed by atoms with Crippen LogP contribution in [0.15, 0.2) is 60.7 Å². The van der Waals surface area contributed by atoms with Gasteiger partial charge >= 0.3 is 0 Å². The van der Waals surface area contributed by atoms with Gasteiger partial charge in [-0.2, -0.15) is 0 Å². The molecular formula is C24H20N2O5. The van der Waals surface area contributed by atoms with Crippen molar-refractivity contribution < 1.29 is 23.8 Å². The molecule has 0 spiro atoms. The monoisotopic (exact) mass is 416 g/mol. The van der Waals surface area contributed by atoms with Crippen molar-refractivity contribution in [3.63, 3.8) is 0 Å². The number of nitrogens with one attached hydrogen (secondary N) is 1. The third-order valence-electron chi connectivity index (χ3n) is 5.28. The summed E-state index contributed by atoms with van der Waals surface area (Å²) in [7, 11) is 1.70. The van der Waals surface area contributed by atoms with Crippen LogP contribution < -0.4 is 24.4 Å². The Bertz CT molecular complexity index is 1210. The number of aryl methyl sites for hydroxylation is 1. The van der Waals surface area contributed by atoms with Crippen molar-refractivity contribution in [1.82, 2.24) is 0 Å². The molecule has 5 rings (SSSR count). The molecule has 2 aliphatic heterocycles. The molecule has 2 heterocycles. The van der Waals surface area contributed by atoms with Crippen LogP contribution in [0.25, 0.3) is 0 Å². The number of anilines is 2. The molecule has 156 valence electrons. The van der Waals surface area contributed by atoms with Gasteiger partial charge in [-0.3, -0.25) is 9.59 Å². The fourth-order valence-electron chi connectivity index (χ4n) is 3.62. The molecule has 3 aromatic carbocycles. The van der Waals surface area contributed by atoms with E-state index in [0.717, 1.165) is 5.56 Å². The van der Waals surface area contributed by atoms with Crippen LogP contribution in [0.1, 0.15) is 15.9 Å². The lowest BCUT2D eigenvalue weighted by atomic mass is 10.1. The first kappa shape index (κ1) is 19.0. The van der Waals surface area contributed by atoms with Gasteiger partial charge in [0.15, 0.2) is 17.2 Å². The van der Waals surface area contributed by atoms with Gasteiger partial charge in [-0.05, 0) is 55.0 Å². The van der Waals surface area contributed by atoms with E-state index in [4.69, 9.17) is 14.2 Å². The van der Waals surface area contributed by atoms with Crippen molar-refractivity contribution in [3.05, 3.63) is 71.8 Å². The Hall–Kier alpha value is -4.00. The topological polar surface area (TPSA) is 77.1 Å². The van der Waals surface area contributed by atoms with Crippen LogP contribution in [0.2, 0.25) is 0 Å². The van der Waals surface area contributed by atoms with E-state index in [2.05, 4.69) is 5.32 Å². The van der Waals surface area contributed by atoms with Gasteiger partial charge < -0.3 is 24.4 Å². The van der Waals surface area contributed by atoms with Gasteiger partial charge in [-0.15, -0.1) is 0 Å². The number of carbonyl (C=O) groups excluding carboxylic acids is 2. The van der Waals surface area contributed by atoms with Crippen LogP contribution in [-0.2, 0) is 4.79 Å². The molecule has 7 heteroatoms. The number of hydrogen-bond acceptors (Lipinski definition) is 5. The van der Waals surface area contributed by atoms with E-state index in [-0.39, 0.29) is 18.4 Å². The van der Waals surface area contributed by atoms with Gasteiger partial charge in [0.05, 0.1) is 11.3 Å². The van der Waals surface area contributed by atoms with Crippen molar-refractivity contribution in [2.75, 3.05) is 23.9 Å². The molecule has 0 saturated carbocycles. The molecule has 7 nitrogen and oxygen atoms in total. The molecule has 0 radical (unpaired) electrons. The summed E-state index contributed by atoms with van der Waals surface area (Å²) in [6, 6.07) is 17.9. The highest BCUT2D eigenvalue weighted by Crippen LogP contribution is 2.39. The van der Waals surface area contributed by atoms with Crippen molar-refractivity contribution in [2.45, 2.75) is 13.0 Å². The zero-order chi connectivity index (χ0) is 21.5. The van der Waals surface area contributed by atoms with Crippen LogP contribution >= 0.6 is 0 Å². The van der Waals surface area contributed by atoms with Crippen LogP contribution in [0, 0.1) is 6.92 Å². The zero-order valence-electron chi connectivity index (χ0n) is 17.0. The summed E-state index contributed by atoms with van der Waals surface area (Å²) < 4.78 is 17.4. The minimum atomic E-state index is -0.796. The molecule has 0 aromatic heterocycles. The summed E-state index contributed by atoms with van der Waals surface area (Å²) in [5, 5.41) is 2.81. The van der Waals surface area contributed by atoms with Gasteiger partial charge in [-0.1, -0.05) is 18.2 Å². The highest BCUT2D eigenvalue weighted by atomic mass is 16.6. The zero-order valence-corrected chi connectivity index (χ0v) is 17.0. The quantitative estimate of drug-likeness (QED) is 0.679. The number of carbonyl (C=O) groups is 2. The van der Waals surface area contributed by atoms with Gasteiger partial charge in [0.25, 0.3) is 11.8 Å². The van der Waals surface area contributed by atoms with Crippen LogP contribution in [0.3, 0.4) is 0 Å². The molecule has 31 heavy (non-hydrogen) atoms. The number of nitrogens with zero attached hydrogens (tertiary/aromatic N) is 1. The highest BCUT2D eigenvalue weighted by molar-refractivity contribution is 6.10. The minimum absolute atomic E-state index is 0.104. The Kier molecular flexibility index (Phi) is 4.51. The van der Waals surface area contributed by atoms with Crippen LogP contribution in [0.4, 0.5) is 11.4 Å². The predicted octanol–water partition coefficient (Wildman–Crippen LogP) is 4.16. The summed E-state index contributed by atoms with van der Waals surface area (Å²) in [4.78, 5) is 27.4. The van der Waals surface area contributed by atoms with Crippen molar-refractivity contribution in [1.29, 1.82) is 0 Å². The minimum Gasteiger partial charge on any atom is -0.485 e. The van der Waals surface area contributed by atoms with E-state index in [1.165, 1.54) is 0 Å². The summed E-state index contributed by atoms with van der Waals surface area (Å²) in [6.45, 7) is 2.06. The molecule has 3 aromatic rings. The highest BCUT2D eigenvalue weighted by Gasteiger charge is 2.29. The van der Waals surface area contributed by atoms with Crippen LogP contribution in [-0.4, -0.2) is 31.6 Å². The van der Waals surface area contributed by atoms with E-state index in [0.29, 0.717) is 39.9 Å². The second-order valence-corrected chi connectivity index (χ2v) is 7.50. The summed E-state index contributed by atoms with van der Waals surface area (Å²) in [5.74, 6) is 1.59. The largest absolute Gasteiger partial charge is 0.485 e. The molecule has 1 atom stereocenters. The maximum atomic E-state index is 13.1. The SMILES string of the molecule is Cc1ccc2c(c1)N(C)C(=O)c1cc(NC(=O)C3COc4ccccc4O3)ccc1O2. The molecule has 2 amide bonds. The van der Waals surface area contributed by atoms with E-state index >= 15 is 0 Å². The molecule has 0 bridgehead atoms. The number of benzene rings is 3. The number of amides is 2. The normalized spacial score (nSPS) is 16.5. The Morgan fingerprint density at radius 1 is 1.00 bits per heavy atom. The molecule has 0 aliphatic carbocycles. The van der Waals surface area contributed by atoms with E-state index < -0.39 is 6.10 Å². The lowest BCUT2D eigenvalue weighted by Gasteiger charge is -2.25. The number of fused-ring (bicyclic) bond motifs is 3. The summed E-state index contributed by atoms with van der Waals surface area (Å²) in [5.41, 5.74) is 2.55. The third kappa shape index (κ3) is 3.44. The first-order valence-electron chi connectivity index (χ1n) is 9.89. The van der Waals surface area contributed by atoms with Crippen LogP contribution in [0.5, 0.6) is 23.0 Å². The lowest BCUT2D eigenvalue weighted by molar-refractivity contribution is -0.125. The summed E-state index contributed by atoms with van der Waals surface area (Å²) >= 11 is 0. The Labute approximate surface area is 179 Å². The second kappa shape index (κ2) is 7.36. The Morgan fingerprint density at radius 3 is 2.61 bits per heavy atom. The van der Waals surface area contributed by atoms with Crippen molar-refractivity contribution >= 4 is 23.2 Å². The van der Waals surface area contributed by atoms with Crippen molar-refractivity contribution in [2.24, 2.45) is 0 Å². The molecule has 0 fully saturated rings. The Balaban J connectivity index is 1.38. The Morgan fingerprint density at radius 2 is 1.77 bits per heavy atom. The van der Waals surface area contributed by atoms with E-state index in [9.17, 15) is 9.59 Å².